The van der Waals surface area contributed by atoms with E-state index < -0.39 is 0 Å². The normalized spacial score (nSPS) is 21.4. The van der Waals surface area contributed by atoms with Crippen LogP contribution < -0.4 is 9.47 Å². The summed E-state index contributed by atoms with van der Waals surface area (Å²) in [5, 5.41) is 0. The smallest absolute Gasteiger partial charge is 0.231 e. The van der Waals surface area contributed by atoms with Crippen LogP contribution in [0.25, 0.3) is 0 Å². The molecule has 5 nitrogen and oxygen atoms in total. The van der Waals surface area contributed by atoms with Crippen molar-refractivity contribution in [3.63, 3.8) is 0 Å². The maximum absolute atomic E-state index is 12.6. The van der Waals surface area contributed by atoms with E-state index in [1.165, 1.54) is 62.8 Å². The largest absolute Gasteiger partial charge is 0.454 e. The number of carbonyl (C=O) groups is 1. The lowest BCUT2D eigenvalue weighted by Gasteiger charge is -2.26. The Morgan fingerprint density at radius 1 is 1.03 bits per heavy atom. The lowest BCUT2D eigenvalue weighted by atomic mass is 9.95. The second kappa shape index (κ2) is 18.9. The summed E-state index contributed by atoms with van der Waals surface area (Å²) >= 11 is 1.98. The molecule has 2 saturated heterocycles. The van der Waals surface area contributed by atoms with Crippen LogP contribution in [0.5, 0.6) is 11.5 Å². The minimum absolute atomic E-state index is 0.152. The predicted molar refractivity (Wildman–Crippen MR) is 163 cm³/mol. The molecule has 0 saturated carbocycles. The topological polar surface area (TPSA) is 42.0 Å². The van der Waals surface area contributed by atoms with E-state index in [-0.39, 0.29) is 5.92 Å². The summed E-state index contributed by atoms with van der Waals surface area (Å²) in [4.78, 5) is 15.1. The first-order chi connectivity index (χ1) is 18.5. The van der Waals surface area contributed by atoms with Crippen LogP contribution >= 0.6 is 11.9 Å². The zero-order chi connectivity index (χ0) is 27.8. The van der Waals surface area contributed by atoms with Gasteiger partial charge in [0.25, 0.3) is 0 Å². The molecule has 6 heteroatoms. The number of rotatable bonds is 12. The molecule has 218 valence electrons. The third-order valence-electron chi connectivity index (χ3n) is 7.87. The maximum Gasteiger partial charge on any atom is 0.231 e. The number of fused-ring (bicyclic) bond motifs is 1. The molecule has 0 spiro atoms. The molecule has 0 aromatic heterocycles. The molecule has 3 aliphatic rings. The van der Waals surface area contributed by atoms with Gasteiger partial charge in [0.15, 0.2) is 11.5 Å². The van der Waals surface area contributed by atoms with E-state index >= 15 is 0 Å². The third kappa shape index (κ3) is 11.1. The zero-order valence-corrected chi connectivity index (χ0v) is 26.1. The third-order valence-corrected chi connectivity index (χ3v) is 9.07. The predicted octanol–water partition coefficient (Wildman–Crippen LogP) is 8.33. The fraction of sp³-hybridized carbons (Fsp3) is 0.781. The van der Waals surface area contributed by atoms with Crippen LogP contribution in [-0.4, -0.2) is 59.8 Å². The molecule has 4 rings (SSSR count). The van der Waals surface area contributed by atoms with E-state index in [9.17, 15) is 4.79 Å². The van der Waals surface area contributed by atoms with Crippen LogP contribution in [0.2, 0.25) is 0 Å². The van der Waals surface area contributed by atoms with Crippen molar-refractivity contribution in [3.05, 3.63) is 23.8 Å². The van der Waals surface area contributed by atoms with Gasteiger partial charge in [-0.25, -0.2) is 0 Å². The first kappa shape index (κ1) is 33.0. The Morgan fingerprint density at radius 2 is 1.71 bits per heavy atom. The van der Waals surface area contributed by atoms with Crippen molar-refractivity contribution < 1.29 is 14.3 Å². The Bertz CT molecular complexity index is 774. The molecule has 3 heterocycles. The number of hydrogen-bond donors (Lipinski definition) is 0. The Balaban J connectivity index is 0.000000435. The molecule has 38 heavy (non-hydrogen) atoms. The fourth-order valence-electron chi connectivity index (χ4n) is 5.15. The summed E-state index contributed by atoms with van der Waals surface area (Å²) in [5.74, 6) is 3.94. The summed E-state index contributed by atoms with van der Waals surface area (Å²) in [7, 11) is 0. The molecular weight excluding hydrogens is 492 g/mol. The SMILES string of the molecule is CCC(C)C(=O)CN1CC(c2ccc3c(c2)OCO3)CC1CCN1CCCS1.CCCCC.CCCCC. The molecule has 0 N–H and O–H groups in total. The van der Waals surface area contributed by atoms with E-state index in [0.717, 1.165) is 43.9 Å². The van der Waals surface area contributed by atoms with Gasteiger partial charge in [0.05, 0.1) is 6.54 Å². The number of hydrogen-bond acceptors (Lipinski definition) is 6. The van der Waals surface area contributed by atoms with E-state index in [1.807, 2.05) is 18.0 Å². The molecule has 0 bridgehead atoms. The minimum Gasteiger partial charge on any atom is -0.454 e. The van der Waals surface area contributed by atoms with Crippen LogP contribution in [0.1, 0.15) is 117 Å². The summed E-state index contributed by atoms with van der Waals surface area (Å²) in [6.45, 7) is 17.2. The number of nitrogens with zero attached hydrogens (tertiary/aromatic N) is 2. The molecule has 1 aromatic rings. The number of Topliss-reactive ketones (excluding diaryl/α,β-unsaturated/α-hetero) is 1. The molecule has 3 unspecified atom stereocenters. The highest BCUT2D eigenvalue weighted by atomic mass is 32.2. The molecule has 0 amide bonds. The molecule has 0 aliphatic carbocycles. The molecule has 2 fully saturated rings. The van der Waals surface area contributed by atoms with E-state index in [2.05, 4.69) is 62.9 Å². The van der Waals surface area contributed by atoms with Crippen LogP contribution in [0.3, 0.4) is 0 Å². The van der Waals surface area contributed by atoms with Gasteiger partial charge in [-0.2, -0.15) is 0 Å². The van der Waals surface area contributed by atoms with Gasteiger partial charge in [-0.05, 0) is 49.3 Å². The molecule has 3 atom stereocenters. The van der Waals surface area contributed by atoms with E-state index in [1.54, 1.807) is 0 Å². The Hall–Kier alpha value is -1.24. The summed E-state index contributed by atoms with van der Waals surface area (Å²) in [5.41, 5.74) is 1.31. The first-order valence-electron chi connectivity index (χ1n) is 15.5. The summed E-state index contributed by atoms with van der Waals surface area (Å²) < 4.78 is 13.5. The monoisotopic (exact) mass is 548 g/mol. The van der Waals surface area contributed by atoms with Gasteiger partial charge in [-0.3, -0.25) is 14.0 Å². The van der Waals surface area contributed by atoms with Crippen molar-refractivity contribution in [3.8, 4) is 11.5 Å². The first-order valence-corrected chi connectivity index (χ1v) is 16.4. The van der Waals surface area contributed by atoms with Crippen molar-refractivity contribution in [1.29, 1.82) is 0 Å². The highest BCUT2D eigenvalue weighted by Gasteiger charge is 2.35. The van der Waals surface area contributed by atoms with Crippen molar-refractivity contribution in [1.82, 2.24) is 9.21 Å². The van der Waals surface area contributed by atoms with Crippen molar-refractivity contribution in [2.45, 2.75) is 118 Å². The average Bonchev–Trinajstić information content (AvgIpc) is 3.69. The standard InChI is InChI=1S/C22H32N2O3S.2C5H12/c1-3-16(2)20(25)14-23-13-18(11-19(23)7-9-24-8-4-10-28-24)17-5-6-21-22(12-17)27-15-26-21;2*1-3-5-4-2/h5-6,12,16,18-19H,3-4,7-11,13-15H2,1-2H3;2*3-5H2,1-2H3. The summed E-state index contributed by atoms with van der Waals surface area (Å²) in [6, 6.07) is 6.82. The highest BCUT2D eigenvalue weighted by molar-refractivity contribution is 7.97. The number of unbranched alkanes of at least 4 members (excludes halogenated alkanes) is 4. The number of benzene rings is 1. The van der Waals surface area contributed by atoms with Gasteiger partial charge in [-0.15, -0.1) is 0 Å². The van der Waals surface area contributed by atoms with Gasteiger partial charge in [-0.1, -0.05) is 98.1 Å². The Kier molecular flexibility index (Phi) is 16.4. The average molecular weight is 549 g/mol. The van der Waals surface area contributed by atoms with Crippen molar-refractivity contribution in [2.24, 2.45) is 5.92 Å². The second-order valence-electron chi connectivity index (χ2n) is 11.0. The lowest BCUT2D eigenvalue weighted by Crippen LogP contribution is -2.37. The fourth-order valence-corrected chi connectivity index (χ4v) is 6.16. The zero-order valence-electron chi connectivity index (χ0n) is 25.3. The van der Waals surface area contributed by atoms with Crippen molar-refractivity contribution in [2.75, 3.05) is 38.7 Å². The molecule has 3 aliphatic heterocycles. The van der Waals surface area contributed by atoms with Gasteiger partial charge >= 0.3 is 0 Å². The van der Waals surface area contributed by atoms with Gasteiger partial charge in [0, 0.05) is 37.3 Å². The molecule has 0 radical (unpaired) electrons. The second-order valence-corrected chi connectivity index (χ2v) is 12.2. The van der Waals surface area contributed by atoms with Gasteiger partial charge in [0.1, 0.15) is 5.78 Å². The van der Waals surface area contributed by atoms with E-state index in [0.29, 0.717) is 31.1 Å². The lowest BCUT2D eigenvalue weighted by molar-refractivity contribution is -0.123. The number of ketones is 1. The number of ether oxygens (including phenoxy) is 2. The molecular formula is C32H56N2O3S. The van der Waals surface area contributed by atoms with Crippen LogP contribution in [-0.2, 0) is 4.79 Å². The van der Waals surface area contributed by atoms with Crippen LogP contribution in [0.15, 0.2) is 18.2 Å². The highest BCUT2D eigenvalue weighted by Crippen LogP contribution is 2.39. The quantitative estimate of drug-likeness (QED) is 0.245. The number of carbonyl (C=O) groups excluding carboxylic acids is 1. The maximum atomic E-state index is 12.6. The van der Waals surface area contributed by atoms with Crippen LogP contribution in [0, 0.1) is 5.92 Å². The van der Waals surface area contributed by atoms with Crippen molar-refractivity contribution >= 4 is 17.7 Å². The van der Waals surface area contributed by atoms with Crippen LogP contribution in [0.4, 0.5) is 0 Å². The van der Waals surface area contributed by atoms with Gasteiger partial charge < -0.3 is 9.47 Å². The minimum atomic E-state index is 0.152. The number of likely N-dealkylation sites (tertiary alicyclic amines) is 1. The summed E-state index contributed by atoms with van der Waals surface area (Å²) in [6.07, 6.45) is 12.6. The van der Waals surface area contributed by atoms with E-state index in [4.69, 9.17) is 9.47 Å². The molecule has 1 aromatic carbocycles. The Labute approximate surface area is 238 Å². The van der Waals surface area contributed by atoms with Gasteiger partial charge in [0.2, 0.25) is 6.79 Å². The Morgan fingerprint density at radius 3 is 2.29 bits per heavy atom.